The third-order valence-electron chi connectivity index (χ3n) is 0.351. The van der Waals surface area contributed by atoms with E-state index in [-0.39, 0.29) is 0 Å². The molecule has 38 valence electrons. The molecule has 1 atom stereocenters. The van der Waals surface area contributed by atoms with Crippen LogP contribution >= 0.6 is 0 Å². The Bertz CT molecular complexity index is 105. The van der Waals surface area contributed by atoms with E-state index >= 15 is 0 Å². The van der Waals surface area contributed by atoms with Crippen LogP contribution in [0.3, 0.4) is 0 Å². The van der Waals surface area contributed by atoms with E-state index in [4.69, 9.17) is 5.11 Å². The van der Waals surface area contributed by atoms with Gasteiger partial charge >= 0.3 is 0 Å². The van der Waals surface area contributed by atoms with Crippen LogP contribution in [0.15, 0.2) is 0 Å². The van der Waals surface area contributed by atoms with E-state index in [9.17, 15) is 4.79 Å². The number of carbonyl (C=O) groups excluding carboxylic acids is 1. The van der Waals surface area contributed by atoms with Crippen LogP contribution in [0.25, 0.3) is 0 Å². The van der Waals surface area contributed by atoms with Crippen LogP contribution in [0.1, 0.15) is 6.92 Å². The Morgan fingerprint density at radius 2 is 2.43 bits per heavy atom. The molecule has 0 aromatic heterocycles. The third kappa shape index (κ3) is 5.19. The quantitative estimate of drug-likeness (QED) is 0.329. The average Bonchev–Trinajstić information content (AvgIpc) is 1.61. The Hall–Kier alpha value is -0.810. The van der Waals surface area contributed by atoms with Crippen LogP contribution < -0.4 is 0 Å². The molecule has 0 aliphatic rings. The summed E-state index contributed by atoms with van der Waals surface area (Å²) < 4.78 is 0. The molecule has 7 heavy (non-hydrogen) atoms. The van der Waals surface area contributed by atoms with Crippen molar-refractivity contribution in [1.29, 1.82) is 0 Å². The summed E-state index contributed by atoms with van der Waals surface area (Å²) in [6.45, 7) is 1.50. The molecule has 1 unspecified atom stereocenters. The number of aliphatic hydroxyl groups is 1. The van der Waals surface area contributed by atoms with E-state index in [0.29, 0.717) is 6.29 Å². The zero-order valence-electron chi connectivity index (χ0n) is 4.01. The predicted octanol–water partition coefficient (Wildman–Crippen LogP) is -0.431. The predicted molar refractivity (Wildman–Crippen MR) is 25.5 cm³/mol. The van der Waals surface area contributed by atoms with Gasteiger partial charge in [-0.25, -0.2) is 0 Å². The summed E-state index contributed by atoms with van der Waals surface area (Å²) >= 11 is 0. The van der Waals surface area contributed by atoms with Gasteiger partial charge in [-0.05, 0) is 12.8 Å². The molecule has 0 aliphatic heterocycles. The van der Waals surface area contributed by atoms with Gasteiger partial charge in [0, 0.05) is 0 Å². The van der Waals surface area contributed by atoms with Crippen LogP contribution in [-0.4, -0.2) is 17.5 Å². The molecule has 0 bridgehead atoms. The number of aldehydes is 1. The lowest BCUT2D eigenvalue weighted by Crippen LogP contribution is -1.92. The second-order valence-corrected chi connectivity index (χ2v) is 1.08. The Morgan fingerprint density at radius 1 is 1.86 bits per heavy atom. The van der Waals surface area contributed by atoms with E-state index < -0.39 is 6.10 Å². The van der Waals surface area contributed by atoms with Gasteiger partial charge in [-0.2, -0.15) is 0 Å². The summed E-state index contributed by atoms with van der Waals surface area (Å²) in [6, 6.07) is 0. The van der Waals surface area contributed by atoms with E-state index in [1.54, 1.807) is 0 Å². The van der Waals surface area contributed by atoms with Crippen molar-refractivity contribution in [3.8, 4) is 11.8 Å². The van der Waals surface area contributed by atoms with Gasteiger partial charge in [-0.1, -0.05) is 5.92 Å². The first-order valence-electron chi connectivity index (χ1n) is 1.90. The Morgan fingerprint density at radius 3 is 2.57 bits per heavy atom. The lowest BCUT2D eigenvalue weighted by atomic mass is 10.4. The second-order valence-electron chi connectivity index (χ2n) is 1.08. The minimum atomic E-state index is -0.690. The molecule has 1 N–H and O–H groups in total. The lowest BCUT2D eigenvalue weighted by Gasteiger charge is -1.82. The molecule has 0 saturated carbocycles. The van der Waals surface area contributed by atoms with Gasteiger partial charge in [-0.3, -0.25) is 4.79 Å². The van der Waals surface area contributed by atoms with E-state index in [2.05, 4.69) is 11.8 Å². The highest BCUT2D eigenvalue weighted by atomic mass is 16.3. The number of rotatable bonds is 0. The van der Waals surface area contributed by atoms with Gasteiger partial charge in [0.05, 0.1) is 0 Å². The van der Waals surface area contributed by atoms with Crippen LogP contribution in [0, 0.1) is 11.8 Å². The molecule has 0 aromatic carbocycles. The zero-order chi connectivity index (χ0) is 5.70. The molecular formula is C5H6O2. The number of aliphatic hydroxyl groups excluding tert-OH is 1. The zero-order valence-corrected chi connectivity index (χ0v) is 4.01. The normalized spacial score (nSPS) is 11.1. The third-order valence-corrected chi connectivity index (χ3v) is 0.351. The largest absolute Gasteiger partial charge is 0.381 e. The summed E-state index contributed by atoms with van der Waals surface area (Å²) in [4.78, 5) is 9.42. The minimum Gasteiger partial charge on any atom is -0.381 e. The Balaban J connectivity index is 3.43. The molecule has 0 spiro atoms. The summed E-state index contributed by atoms with van der Waals surface area (Å²) in [5, 5.41) is 8.35. The topological polar surface area (TPSA) is 37.3 Å². The van der Waals surface area contributed by atoms with Crippen LogP contribution in [0.2, 0.25) is 0 Å². The molecule has 0 radical (unpaired) electrons. The van der Waals surface area contributed by atoms with Crippen molar-refractivity contribution in [1.82, 2.24) is 0 Å². The van der Waals surface area contributed by atoms with Crippen molar-refractivity contribution in [3.05, 3.63) is 0 Å². The summed E-state index contributed by atoms with van der Waals surface area (Å²) in [5.41, 5.74) is 0. The first-order valence-corrected chi connectivity index (χ1v) is 1.90. The van der Waals surface area contributed by atoms with Crippen molar-refractivity contribution in [2.75, 3.05) is 0 Å². The van der Waals surface area contributed by atoms with E-state index in [0.717, 1.165) is 0 Å². The first kappa shape index (κ1) is 6.19. The van der Waals surface area contributed by atoms with Crippen LogP contribution in [0.4, 0.5) is 0 Å². The summed E-state index contributed by atoms with van der Waals surface area (Å²) in [6.07, 6.45) is -0.239. The molecule has 0 fully saturated rings. The van der Waals surface area contributed by atoms with Crippen molar-refractivity contribution in [3.63, 3.8) is 0 Å². The molecule has 0 rings (SSSR count). The fourth-order valence-corrected chi connectivity index (χ4v) is 0.155. The van der Waals surface area contributed by atoms with Crippen molar-refractivity contribution < 1.29 is 9.90 Å². The van der Waals surface area contributed by atoms with Gasteiger partial charge < -0.3 is 5.11 Å². The minimum absolute atomic E-state index is 0.451. The maximum Gasteiger partial charge on any atom is 0.192 e. The number of hydrogen-bond donors (Lipinski definition) is 1. The highest BCUT2D eigenvalue weighted by Crippen LogP contribution is 1.68. The van der Waals surface area contributed by atoms with Crippen molar-refractivity contribution in [2.24, 2.45) is 0 Å². The summed E-state index contributed by atoms with van der Waals surface area (Å²) in [5.74, 6) is 4.30. The smallest absolute Gasteiger partial charge is 0.192 e. The van der Waals surface area contributed by atoms with Gasteiger partial charge in [0.1, 0.15) is 6.10 Å². The lowest BCUT2D eigenvalue weighted by molar-refractivity contribution is -0.103. The van der Waals surface area contributed by atoms with Crippen LogP contribution in [0.5, 0.6) is 0 Å². The fraction of sp³-hybridized carbons (Fsp3) is 0.400. The van der Waals surface area contributed by atoms with Gasteiger partial charge in [0.15, 0.2) is 6.29 Å². The number of carbonyl (C=O) groups is 1. The molecule has 0 aromatic rings. The van der Waals surface area contributed by atoms with Gasteiger partial charge in [0.2, 0.25) is 0 Å². The van der Waals surface area contributed by atoms with Crippen molar-refractivity contribution >= 4 is 6.29 Å². The van der Waals surface area contributed by atoms with E-state index in [1.165, 1.54) is 6.92 Å². The highest BCUT2D eigenvalue weighted by molar-refractivity contribution is 5.72. The van der Waals surface area contributed by atoms with Gasteiger partial charge in [0.25, 0.3) is 0 Å². The molecule has 0 saturated heterocycles. The van der Waals surface area contributed by atoms with Gasteiger partial charge in [-0.15, -0.1) is 0 Å². The second kappa shape index (κ2) is 3.38. The molecule has 2 heteroatoms. The maximum absolute atomic E-state index is 9.42. The molecule has 2 nitrogen and oxygen atoms in total. The Kier molecular flexibility index (Phi) is 2.99. The first-order chi connectivity index (χ1) is 3.27. The molecular weight excluding hydrogens is 92.1 g/mol. The van der Waals surface area contributed by atoms with Crippen LogP contribution in [-0.2, 0) is 4.79 Å². The van der Waals surface area contributed by atoms with Crippen molar-refractivity contribution in [2.45, 2.75) is 13.0 Å². The molecule has 0 heterocycles. The maximum atomic E-state index is 9.42. The average molecular weight is 98.1 g/mol. The Labute approximate surface area is 42.2 Å². The monoisotopic (exact) mass is 98.0 g/mol. The fourth-order valence-electron chi connectivity index (χ4n) is 0.155. The summed E-state index contributed by atoms with van der Waals surface area (Å²) in [7, 11) is 0. The standard InChI is InChI=1S/C5H6O2/c1-5(7)3-2-4-6/h4-5,7H,1H3. The number of hydrogen-bond acceptors (Lipinski definition) is 2. The molecule has 0 aliphatic carbocycles. The molecule has 0 amide bonds. The highest BCUT2D eigenvalue weighted by Gasteiger charge is 1.78. The SMILES string of the molecule is CC(O)C#CC=O. The van der Waals surface area contributed by atoms with E-state index in [1.807, 2.05) is 0 Å².